The summed E-state index contributed by atoms with van der Waals surface area (Å²) in [7, 11) is 2.03. The number of carbonyl (C=O) groups is 1. The van der Waals surface area contributed by atoms with Crippen LogP contribution in [0.5, 0.6) is 0 Å². The van der Waals surface area contributed by atoms with Gasteiger partial charge in [0.15, 0.2) is 0 Å². The molecule has 18 heavy (non-hydrogen) atoms. The first-order chi connectivity index (χ1) is 8.59. The van der Waals surface area contributed by atoms with Gasteiger partial charge in [-0.3, -0.25) is 4.79 Å². The zero-order chi connectivity index (χ0) is 13.2. The highest BCUT2D eigenvalue weighted by Crippen LogP contribution is 2.34. The van der Waals surface area contributed by atoms with Crippen LogP contribution >= 0.6 is 0 Å². The SMILES string of the molecule is CCC1(C(=O)N(C)C2CCCC(C)C2)CCNC1. The lowest BCUT2D eigenvalue weighted by atomic mass is 9.80. The summed E-state index contributed by atoms with van der Waals surface area (Å²) in [6.07, 6.45) is 6.97. The summed E-state index contributed by atoms with van der Waals surface area (Å²) in [5.41, 5.74) is -0.116. The molecule has 0 bridgehead atoms. The largest absolute Gasteiger partial charge is 0.342 e. The minimum absolute atomic E-state index is 0.116. The van der Waals surface area contributed by atoms with Crippen LogP contribution in [0.1, 0.15) is 52.4 Å². The molecule has 2 fully saturated rings. The lowest BCUT2D eigenvalue weighted by Crippen LogP contribution is -2.48. The monoisotopic (exact) mass is 252 g/mol. The van der Waals surface area contributed by atoms with E-state index in [1.165, 1.54) is 25.7 Å². The van der Waals surface area contributed by atoms with Gasteiger partial charge in [0.1, 0.15) is 0 Å². The van der Waals surface area contributed by atoms with Crippen molar-refractivity contribution in [3.05, 3.63) is 0 Å². The third-order valence-electron chi connectivity index (χ3n) is 5.15. The second-order valence-electron chi connectivity index (χ2n) is 6.40. The smallest absolute Gasteiger partial charge is 0.230 e. The van der Waals surface area contributed by atoms with Crippen molar-refractivity contribution in [2.75, 3.05) is 20.1 Å². The van der Waals surface area contributed by atoms with Crippen molar-refractivity contribution in [3.63, 3.8) is 0 Å². The predicted molar refractivity (Wildman–Crippen MR) is 74.4 cm³/mol. The fourth-order valence-corrected chi connectivity index (χ4v) is 3.67. The van der Waals surface area contributed by atoms with Crippen molar-refractivity contribution in [2.45, 2.75) is 58.4 Å². The molecule has 0 aromatic rings. The summed E-state index contributed by atoms with van der Waals surface area (Å²) in [4.78, 5) is 14.9. The van der Waals surface area contributed by atoms with E-state index in [0.29, 0.717) is 11.9 Å². The van der Waals surface area contributed by atoms with Crippen molar-refractivity contribution in [2.24, 2.45) is 11.3 Å². The lowest BCUT2D eigenvalue weighted by Gasteiger charge is -2.39. The minimum Gasteiger partial charge on any atom is -0.342 e. The average Bonchev–Trinajstić information content (AvgIpc) is 2.87. The van der Waals surface area contributed by atoms with Crippen LogP contribution in [0.4, 0.5) is 0 Å². The molecule has 3 heteroatoms. The number of nitrogens with zero attached hydrogens (tertiary/aromatic N) is 1. The van der Waals surface area contributed by atoms with Crippen LogP contribution in [-0.4, -0.2) is 37.0 Å². The van der Waals surface area contributed by atoms with E-state index in [-0.39, 0.29) is 5.41 Å². The van der Waals surface area contributed by atoms with Gasteiger partial charge in [-0.1, -0.05) is 26.7 Å². The molecule has 1 amide bonds. The molecule has 2 rings (SSSR count). The Balaban J connectivity index is 2.03. The van der Waals surface area contributed by atoms with Crippen LogP contribution in [0.15, 0.2) is 0 Å². The molecule has 104 valence electrons. The van der Waals surface area contributed by atoms with E-state index in [1.807, 2.05) is 7.05 Å². The van der Waals surface area contributed by atoms with Gasteiger partial charge in [-0.25, -0.2) is 0 Å². The Bertz CT molecular complexity index is 297. The van der Waals surface area contributed by atoms with Crippen molar-refractivity contribution in [3.8, 4) is 0 Å². The Kier molecular flexibility index (Phi) is 4.31. The first kappa shape index (κ1) is 13.9. The van der Waals surface area contributed by atoms with Gasteiger partial charge in [-0.15, -0.1) is 0 Å². The zero-order valence-electron chi connectivity index (χ0n) is 12.2. The Morgan fingerprint density at radius 2 is 2.22 bits per heavy atom. The second kappa shape index (κ2) is 5.60. The fourth-order valence-electron chi connectivity index (χ4n) is 3.67. The van der Waals surface area contributed by atoms with Crippen LogP contribution in [0, 0.1) is 11.3 Å². The van der Waals surface area contributed by atoms with E-state index in [4.69, 9.17) is 0 Å². The molecule has 2 aliphatic rings. The van der Waals surface area contributed by atoms with Crippen LogP contribution < -0.4 is 5.32 Å². The summed E-state index contributed by atoms with van der Waals surface area (Å²) in [6, 6.07) is 0.477. The first-order valence-corrected chi connectivity index (χ1v) is 7.57. The van der Waals surface area contributed by atoms with Crippen molar-refractivity contribution >= 4 is 5.91 Å². The maximum Gasteiger partial charge on any atom is 0.230 e. The fraction of sp³-hybridized carbons (Fsp3) is 0.933. The molecule has 1 saturated carbocycles. The molecule has 1 N–H and O–H groups in total. The molecule has 1 saturated heterocycles. The average molecular weight is 252 g/mol. The molecule has 3 atom stereocenters. The van der Waals surface area contributed by atoms with Gasteiger partial charge in [-0.05, 0) is 38.1 Å². The van der Waals surface area contributed by atoms with Gasteiger partial charge in [0, 0.05) is 19.6 Å². The number of amides is 1. The van der Waals surface area contributed by atoms with Gasteiger partial charge in [-0.2, -0.15) is 0 Å². The second-order valence-corrected chi connectivity index (χ2v) is 6.40. The van der Waals surface area contributed by atoms with E-state index >= 15 is 0 Å². The van der Waals surface area contributed by atoms with Gasteiger partial charge in [0.2, 0.25) is 5.91 Å². The number of hydrogen-bond donors (Lipinski definition) is 1. The van der Waals surface area contributed by atoms with Gasteiger partial charge < -0.3 is 10.2 Å². The maximum atomic E-state index is 12.8. The summed E-state index contributed by atoms with van der Waals surface area (Å²) in [6.45, 7) is 6.34. The van der Waals surface area contributed by atoms with E-state index in [2.05, 4.69) is 24.1 Å². The van der Waals surface area contributed by atoms with Gasteiger partial charge >= 0.3 is 0 Å². The standard InChI is InChI=1S/C15H28N2O/c1-4-15(8-9-16-11-15)14(18)17(3)13-7-5-6-12(2)10-13/h12-13,16H,4-11H2,1-3H3. The molecule has 3 unspecified atom stereocenters. The highest BCUT2D eigenvalue weighted by molar-refractivity contribution is 5.83. The van der Waals surface area contributed by atoms with Crippen LogP contribution in [-0.2, 0) is 4.79 Å². The molecule has 1 heterocycles. The zero-order valence-corrected chi connectivity index (χ0v) is 12.2. The van der Waals surface area contributed by atoms with Crippen molar-refractivity contribution in [1.82, 2.24) is 10.2 Å². The number of rotatable bonds is 3. The lowest BCUT2D eigenvalue weighted by molar-refractivity contribution is -0.143. The topological polar surface area (TPSA) is 32.3 Å². The Hall–Kier alpha value is -0.570. The molecule has 0 spiro atoms. The van der Waals surface area contributed by atoms with E-state index in [9.17, 15) is 4.79 Å². The van der Waals surface area contributed by atoms with E-state index in [0.717, 1.165) is 31.8 Å². The normalized spacial score (nSPS) is 36.6. The third kappa shape index (κ3) is 2.56. The molecule has 3 nitrogen and oxygen atoms in total. The van der Waals surface area contributed by atoms with Crippen LogP contribution in [0.3, 0.4) is 0 Å². The Morgan fingerprint density at radius 1 is 1.44 bits per heavy atom. The molecule has 0 aromatic heterocycles. The van der Waals surface area contributed by atoms with Crippen LogP contribution in [0.2, 0.25) is 0 Å². The highest BCUT2D eigenvalue weighted by Gasteiger charge is 2.42. The van der Waals surface area contributed by atoms with Gasteiger partial charge in [0.25, 0.3) is 0 Å². The Morgan fingerprint density at radius 3 is 2.78 bits per heavy atom. The quantitative estimate of drug-likeness (QED) is 0.836. The molecular weight excluding hydrogens is 224 g/mol. The molecule has 1 aliphatic carbocycles. The molecule has 0 aromatic carbocycles. The Labute approximate surface area is 111 Å². The summed E-state index contributed by atoms with van der Waals surface area (Å²) < 4.78 is 0. The summed E-state index contributed by atoms with van der Waals surface area (Å²) in [5.74, 6) is 1.16. The molecule has 0 radical (unpaired) electrons. The molecule has 1 aliphatic heterocycles. The van der Waals surface area contributed by atoms with Gasteiger partial charge in [0.05, 0.1) is 5.41 Å². The minimum atomic E-state index is -0.116. The van der Waals surface area contributed by atoms with E-state index < -0.39 is 0 Å². The number of nitrogens with one attached hydrogen (secondary N) is 1. The van der Waals surface area contributed by atoms with Crippen LogP contribution in [0.25, 0.3) is 0 Å². The maximum absolute atomic E-state index is 12.8. The van der Waals surface area contributed by atoms with Crippen molar-refractivity contribution in [1.29, 1.82) is 0 Å². The first-order valence-electron chi connectivity index (χ1n) is 7.57. The molecular formula is C15H28N2O. The summed E-state index contributed by atoms with van der Waals surface area (Å²) in [5, 5.41) is 3.36. The summed E-state index contributed by atoms with van der Waals surface area (Å²) >= 11 is 0. The predicted octanol–water partition coefficient (Wildman–Crippen LogP) is 2.41. The van der Waals surface area contributed by atoms with E-state index in [1.54, 1.807) is 0 Å². The number of hydrogen-bond acceptors (Lipinski definition) is 2. The third-order valence-corrected chi connectivity index (χ3v) is 5.15. The number of carbonyl (C=O) groups excluding carboxylic acids is 1. The highest BCUT2D eigenvalue weighted by atomic mass is 16.2. The van der Waals surface area contributed by atoms with Crippen molar-refractivity contribution < 1.29 is 4.79 Å².